The zero-order valence-corrected chi connectivity index (χ0v) is 17.9. The van der Waals surface area contributed by atoms with Gasteiger partial charge in [0.05, 0.1) is 5.69 Å². The average molecular weight is 439 g/mol. The molecular formula is C20H18N6O2S2. The molecule has 0 aliphatic rings. The molecule has 0 radical (unpaired) electrons. The van der Waals surface area contributed by atoms with Gasteiger partial charge >= 0.3 is 6.03 Å². The number of thioether (sulfide) groups is 1. The van der Waals surface area contributed by atoms with Crippen LogP contribution in [0.2, 0.25) is 0 Å². The molecule has 0 saturated carbocycles. The highest BCUT2D eigenvalue weighted by Gasteiger charge is 2.10. The molecule has 0 fully saturated rings. The number of hydrogen-bond donors (Lipinski definition) is 2. The Balaban J connectivity index is 1.36. The molecule has 10 heteroatoms. The number of benzene rings is 1. The fourth-order valence-corrected chi connectivity index (χ4v) is 4.35. The molecule has 152 valence electrons. The SMILES string of the molecule is Cc1ccc(NC(=O)Nc2nnc(SCc3cc(=O)n4ccccc4n3)s2)cc1C. The molecule has 2 N–H and O–H groups in total. The van der Waals surface area contributed by atoms with E-state index < -0.39 is 0 Å². The topological polar surface area (TPSA) is 101 Å². The number of nitrogens with one attached hydrogen (secondary N) is 2. The van der Waals surface area contributed by atoms with Gasteiger partial charge in [-0.2, -0.15) is 0 Å². The Morgan fingerprint density at radius 1 is 1.10 bits per heavy atom. The maximum absolute atomic E-state index is 12.2. The summed E-state index contributed by atoms with van der Waals surface area (Å²) in [6.45, 7) is 4.01. The molecule has 0 aliphatic heterocycles. The Kier molecular flexibility index (Phi) is 5.77. The van der Waals surface area contributed by atoms with Crippen molar-refractivity contribution in [2.45, 2.75) is 23.9 Å². The fourth-order valence-electron chi connectivity index (χ4n) is 2.71. The summed E-state index contributed by atoms with van der Waals surface area (Å²) in [6.07, 6.45) is 1.69. The first-order valence-electron chi connectivity index (χ1n) is 9.07. The van der Waals surface area contributed by atoms with Crippen LogP contribution in [-0.2, 0) is 5.75 Å². The molecule has 4 aromatic rings. The summed E-state index contributed by atoms with van der Waals surface area (Å²) in [5, 5.41) is 13.9. The summed E-state index contributed by atoms with van der Waals surface area (Å²) in [5.74, 6) is 0.476. The number of pyridine rings is 1. The molecule has 3 aromatic heterocycles. The quantitative estimate of drug-likeness (QED) is 0.359. The van der Waals surface area contributed by atoms with Gasteiger partial charge in [-0.1, -0.05) is 35.2 Å². The van der Waals surface area contributed by atoms with Crippen LogP contribution in [-0.4, -0.2) is 25.6 Å². The van der Waals surface area contributed by atoms with E-state index in [-0.39, 0.29) is 11.6 Å². The molecule has 1 aromatic carbocycles. The van der Waals surface area contributed by atoms with Crippen LogP contribution in [0.4, 0.5) is 15.6 Å². The van der Waals surface area contributed by atoms with Crippen molar-refractivity contribution in [2.24, 2.45) is 0 Å². The summed E-state index contributed by atoms with van der Waals surface area (Å²) in [6, 6.07) is 12.3. The standard InChI is InChI=1S/C20H18N6O2S2/c1-12-6-7-14(9-13(12)2)22-18(28)23-19-24-25-20(30-19)29-11-15-10-17(27)26-8-4-3-5-16(26)21-15/h3-10H,11H2,1-2H3,(H2,22,23,24,28). The lowest BCUT2D eigenvalue weighted by molar-refractivity contribution is 0.262. The zero-order valence-electron chi connectivity index (χ0n) is 16.2. The van der Waals surface area contributed by atoms with Gasteiger partial charge in [0, 0.05) is 23.7 Å². The molecule has 0 atom stereocenters. The maximum Gasteiger partial charge on any atom is 0.325 e. The number of amides is 2. The summed E-state index contributed by atoms with van der Waals surface area (Å²) in [4.78, 5) is 28.8. The van der Waals surface area contributed by atoms with Crippen LogP contribution >= 0.6 is 23.1 Å². The van der Waals surface area contributed by atoms with Gasteiger partial charge in [-0.05, 0) is 49.2 Å². The van der Waals surface area contributed by atoms with Crippen molar-refractivity contribution in [1.29, 1.82) is 0 Å². The minimum Gasteiger partial charge on any atom is -0.308 e. The third-order valence-electron chi connectivity index (χ3n) is 4.36. The highest BCUT2D eigenvalue weighted by molar-refractivity contribution is 8.00. The molecule has 0 bridgehead atoms. The number of rotatable bonds is 5. The van der Waals surface area contributed by atoms with Gasteiger partial charge in [0.15, 0.2) is 4.34 Å². The van der Waals surface area contributed by atoms with Gasteiger partial charge < -0.3 is 5.32 Å². The second kappa shape index (κ2) is 8.64. The third-order valence-corrected chi connectivity index (χ3v) is 6.36. The van der Waals surface area contributed by atoms with Crippen LogP contribution in [0, 0.1) is 13.8 Å². The lowest BCUT2D eigenvalue weighted by Crippen LogP contribution is -2.19. The molecule has 8 nitrogen and oxygen atoms in total. The molecule has 0 unspecified atom stereocenters. The van der Waals surface area contributed by atoms with Gasteiger partial charge in [0.2, 0.25) is 5.13 Å². The van der Waals surface area contributed by atoms with Gasteiger partial charge in [-0.15, -0.1) is 10.2 Å². The zero-order chi connectivity index (χ0) is 21.1. The molecule has 0 saturated heterocycles. The smallest absolute Gasteiger partial charge is 0.308 e. The third kappa shape index (κ3) is 4.66. The number of anilines is 2. The minimum atomic E-state index is -0.379. The number of carbonyl (C=O) groups is 1. The normalized spacial score (nSPS) is 10.9. The highest BCUT2D eigenvalue weighted by atomic mass is 32.2. The Morgan fingerprint density at radius 2 is 1.97 bits per heavy atom. The van der Waals surface area contributed by atoms with Crippen molar-refractivity contribution >= 4 is 45.6 Å². The molecular weight excluding hydrogens is 420 g/mol. The predicted molar refractivity (Wildman–Crippen MR) is 119 cm³/mol. The van der Waals surface area contributed by atoms with E-state index in [0.29, 0.717) is 32.3 Å². The number of aryl methyl sites for hydroxylation is 2. The molecule has 30 heavy (non-hydrogen) atoms. The second-order valence-electron chi connectivity index (χ2n) is 6.55. The fraction of sp³-hybridized carbons (Fsp3) is 0.150. The van der Waals surface area contributed by atoms with E-state index in [0.717, 1.165) is 11.1 Å². The van der Waals surface area contributed by atoms with E-state index in [2.05, 4.69) is 25.8 Å². The highest BCUT2D eigenvalue weighted by Crippen LogP contribution is 2.28. The van der Waals surface area contributed by atoms with Crippen LogP contribution in [0.15, 0.2) is 57.8 Å². The molecule has 0 aliphatic carbocycles. The predicted octanol–water partition coefficient (Wildman–Crippen LogP) is 4.10. The molecule has 0 spiro atoms. The second-order valence-corrected chi connectivity index (χ2v) is 8.75. The van der Waals surface area contributed by atoms with Crippen LogP contribution in [0.25, 0.3) is 5.65 Å². The van der Waals surface area contributed by atoms with Crippen molar-refractivity contribution in [2.75, 3.05) is 10.6 Å². The lowest BCUT2D eigenvalue weighted by atomic mass is 10.1. The van der Waals surface area contributed by atoms with E-state index >= 15 is 0 Å². The summed E-state index contributed by atoms with van der Waals surface area (Å²) < 4.78 is 2.17. The van der Waals surface area contributed by atoms with Crippen molar-refractivity contribution in [3.63, 3.8) is 0 Å². The minimum absolute atomic E-state index is 0.126. The van der Waals surface area contributed by atoms with Crippen LogP contribution in [0.3, 0.4) is 0 Å². The van der Waals surface area contributed by atoms with Crippen molar-refractivity contribution in [3.8, 4) is 0 Å². The van der Waals surface area contributed by atoms with E-state index in [1.807, 2.05) is 38.1 Å². The Morgan fingerprint density at radius 3 is 2.80 bits per heavy atom. The lowest BCUT2D eigenvalue weighted by Gasteiger charge is -2.07. The first-order valence-corrected chi connectivity index (χ1v) is 10.9. The molecule has 2 amide bonds. The maximum atomic E-state index is 12.2. The van der Waals surface area contributed by atoms with Gasteiger partial charge in [0.25, 0.3) is 5.56 Å². The van der Waals surface area contributed by atoms with Crippen LogP contribution < -0.4 is 16.2 Å². The summed E-state index contributed by atoms with van der Waals surface area (Å²) >= 11 is 2.67. The van der Waals surface area contributed by atoms with E-state index in [1.54, 1.807) is 18.3 Å². The van der Waals surface area contributed by atoms with Crippen LogP contribution in [0.1, 0.15) is 16.8 Å². The first kappa shape index (κ1) is 20.0. The molecule has 4 rings (SSSR count). The van der Waals surface area contributed by atoms with Gasteiger partial charge in [-0.3, -0.25) is 14.5 Å². The summed E-state index contributed by atoms with van der Waals surface area (Å²) in [7, 11) is 0. The first-order chi connectivity index (χ1) is 14.5. The number of carbonyl (C=O) groups excluding carboxylic acids is 1. The monoisotopic (exact) mass is 438 g/mol. The van der Waals surface area contributed by atoms with Crippen molar-refractivity contribution in [1.82, 2.24) is 19.6 Å². The Labute approximate surface area is 180 Å². The Bertz CT molecular complexity index is 1280. The van der Waals surface area contributed by atoms with E-state index in [4.69, 9.17) is 0 Å². The van der Waals surface area contributed by atoms with E-state index in [9.17, 15) is 9.59 Å². The van der Waals surface area contributed by atoms with Crippen molar-refractivity contribution < 1.29 is 4.79 Å². The number of urea groups is 1. The number of hydrogen-bond acceptors (Lipinski definition) is 7. The number of nitrogens with zero attached hydrogens (tertiary/aromatic N) is 4. The van der Waals surface area contributed by atoms with Crippen molar-refractivity contribution in [3.05, 3.63) is 75.8 Å². The average Bonchev–Trinajstić information content (AvgIpc) is 3.16. The summed E-state index contributed by atoms with van der Waals surface area (Å²) in [5.41, 5.74) is 4.11. The van der Waals surface area contributed by atoms with Gasteiger partial charge in [0.1, 0.15) is 5.65 Å². The largest absolute Gasteiger partial charge is 0.325 e. The van der Waals surface area contributed by atoms with Crippen LogP contribution in [0.5, 0.6) is 0 Å². The number of aromatic nitrogens is 4. The Hall–Kier alpha value is -3.24. The van der Waals surface area contributed by atoms with E-state index in [1.165, 1.54) is 33.6 Å². The molecule has 3 heterocycles. The number of fused-ring (bicyclic) bond motifs is 1. The van der Waals surface area contributed by atoms with Gasteiger partial charge in [-0.25, -0.2) is 9.78 Å².